The molecule has 0 aliphatic heterocycles. The van der Waals surface area contributed by atoms with Crippen molar-refractivity contribution < 1.29 is 4.74 Å². The molecule has 2 rings (SSSR count). The minimum absolute atomic E-state index is 0.536. The third-order valence-electron chi connectivity index (χ3n) is 3.00. The number of nitrogens with two attached hydrogens (primary N) is 1. The molecule has 0 aliphatic rings. The maximum Gasteiger partial charge on any atom is 0.233 e. The van der Waals surface area contributed by atoms with E-state index in [1.165, 1.54) is 0 Å². The Kier molecular flexibility index (Phi) is 4.22. The molecule has 0 bridgehead atoms. The number of hydrogen-bond acceptors (Lipinski definition) is 3. The summed E-state index contributed by atoms with van der Waals surface area (Å²) in [6.45, 7) is 6.58. The Morgan fingerprint density at radius 1 is 1.16 bits per heavy atom. The van der Waals surface area contributed by atoms with Gasteiger partial charge in [0.05, 0.1) is 4.47 Å². The van der Waals surface area contributed by atoms with Crippen LogP contribution in [-0.4, -0.2) is 4.98 Å². The van der Waals surface area contributed by atoms with Gasteiger partial charge in [0.1, 0.15) is 5.75 Å². The molecule has 3 nitrogen and oxygen atoms in total. The van der Waals surface area contributed by atoms with Crippen molar-refractivity contribution in [1.29, 1.82) is 0 Å². The van der Waals surface area contributed by atoms with Gasteiger partial charge in [-0.05, 0) is 65.0 Å². The number of halogens is 1. The largest absolute Gasteiger partial charge is 0.437 e. The van der Waals surface area contributed by atoms with Gasteiger partial charge < -0.3 is 10.5 Å². The highest BCUT2D eigenvalue weighted by molar-refractivity contribution is 9.10. The van der Waals surface area contributed by atoms with Crippen LogP contribution in [0.5, 0.6) is 11.6 Å². The van der Waals surface area contributed by atoms with E-state index in [1.807, 2.05) is 39.0 Å². The van der Waals surface area contributed by atoms with Crippen LogP contribution in [0.15, 0.2) is 28.9 Å². The molecule has 0 spiro atoms. The van der Waals surface area contributed by atoms with Gasteiger partial charge in [-0.2, -0.15) is 0 Å². The molecule has 0 aliphatic carbocycles. The molecule has 0 amide bonds. The third-order valence-corrected chi connectivity index (χ3v) is 3.97. The fraction of sp³-hybridized carbons (Fsp3) is 0.267. The van der Waals surface area contributed by atoms with Crippen molar-refractivity contribution in [2.45, 2.75) is 27.3 Å². The predicted octanol–water partition coefficient (Wildman–Crippen LogP) is 4.02. The SMILES string of the molecule is Cc1ccnc(Oc2c(C)cc(CN)cc2C)c1Br. The fourth-order valence-electron chi connectivity index (χ4n) is 2.00. The zero-order valence-electron chi connectivity index (χ0n) is 11.3. The van der Waals surface area contributed by atoms with E-state index in [0.29, 0.717) is 12.4 Å². The maximum absolute atomic E-state index is 5.95. The Labute approximate surface area is 121 Å². The number of hydrogen-bond donors (Lipinski definition) is 1. The zero-order chi connectivity index (χ0) is 14.0. The summed E-state index contributed by atoms with van der Waals surface area (Å²) in [5.41, 5.74) is 10.0. The van der Waals surface area contributed by atoms with Crippen LogP contribution >= 0.6 is 15.9 Å². The lowest BCUT2D eigenvalue weighted by molar-refractivity contribution is 0.452. The third kappa shape index (κ3) is 2.96. The first-order valence-electron chi connectivity index (χ1n) is 6.12. The highest BCUT2D eigenvalue weighted by atomic mass is 79.9. The van der Waals surface area contributed by atoms with Crippen molar-refractivity contribution in [1.82, 2.24) is 4.98 Å². The lowest BCUT2D eigenvalue weighted by Gasteiger charge is -2.14. The van der Waals surface area contributed by atoms with Crippen molar-refractivity contribution in [3.8, 4) is 11.6 Å². The average Bonchev–Trinajstić information content (AvgIpc) is 2.38. The number of aryl methyl sites for hydroxylation is 3. The molecular formula is C15H17BrN2O. The summed E-state index contributed by atoms with van der Waals surface area (Å²) in [7, 11) is 0. The Hall–Kier alpha value is -1.39. The van der Waals surface area contributed by atoms with Gasteiger partial charge in [-0.15, -0.1) is 0 Å². The van der Waals surface area contributed by atoms with Crippen LogP contribution in [0.4, 0.5) is 0 Å². The minimum atomic E-state index is 0.536. The average molecular weight is 321 g/mol. The summed E-state index contributed by atoms with van der Waals surface area (Å²) in [4.78, 5) is 4.27. The molecule has 0 radical (unpaired) electrons. The van der Waals surface area contributed by atoms with Crippen LogP contribution in [0.2, 0.25) is 0 Å². The molecule has 100 valence electrons. The summed E-state index contributed by atoms with van der Waals surface area (Å²) in [6, 6.07) is 6.03. The van der Waals surface area contributed by atoms with Crippen molar-refractivity contribution >= 4 is 15.9 Å². The first kappa shape index (κ1) is 14.0. The molecular weight excluding hydrogens is 304 g/mol. The van der Waals surface area contributed by atoms with Gasteiger partial charge in [-0.25, -0.2) is 4.98 Å². The van der Waals surface area contributed by atoms with Gasteiger partial charge in [0.25, 0.3) is 0 Å². The van der Waals surface area contributed by atoms with E-state index in [2.05, 4.69) is 20.9 Å². The molecule has 1 aromatic carbocycles. The fourth-order valence-corrected chi connectivity index (χ4v) is 2.32. The molecule has 1 aromatic heterocycles. The summed E-state index contributed by atoms with van der Waals surface area (Å²) < 4.78 is 6.84. The van der Waals surface area contributed by atoms with Crippen molar-refractivity contribution in [2.24, 2.45) is 5.73 Å². The van der Waals surface area contributed by atoms with Gasteiger partial charge in [-0.1, -0.05) is 12.1 Å². The Balaban J connectivity index is 2.41. The Morgan fingerprint density at radius 2 is 1.79 bits per heavy atom. The number of rotatable bonds is 3. The summed E-state index contributed by atoms with van der Waals surface area (Å²) in [5.74, 6) is 1.43. The molecule has 0 saturated heterocycles. The van der Waals surface area contributed by atoms with E-state index in [4.69, 9.17) is 10.5 Å². The molecule has 0 unspecified atom stereocenters. The van der Waals surface area contributed by atoms with Crippen molar-refractivity contribution in [3.05, 3.63) is 51.1 Å². The van der Waals surface area contributed by atoms with E-state index in [-0.39, 0.29) is 0 Å². The standard InChI is InChI=1S/C15H17BrN2O/c1-9-4-5-18-15(13(9)16)19-14-10(2)6-12(8-17)7-11(14)3/h4-7H,8,17H2,1-3H3. The molecule has 0 atom stereocenters. The van der Waals surface area contributed by atoms with Crippen LogP contribution in [0.1, 0.15) is 22.3 Å². The first-order chi connectivity index (χ1) is 9.02. The van der Waals surface area contributed by atoms with Crippen LogP contribution < -0.4 is 10.5 Å². The number of benzene rings is 1. The molecule has 2 N–H and O–H groups in total. The van der Waals surface area contributed by atoms with Gasteiger partial charge in [-0.3, -0.25) is 0 Å². The number of aromatic nitrogens is 1. The molecule has 0 fully saturated rings. The highest BCUT2D eigenvalue weighted by Crippen LogP contribution is 2.33. The van der Waals surface area contributed by atoms with E-state index in [9.17, 15) is 0 Å². The Bertz CT molecular complexity index is 588. The van der Waals surface area contributed by atoms with Crippen LogP contribution in [0.3, 0.4) is 0 Å². The second-order valence-corrected chi connectivity index (χ2v) is 5.40. The molecule has 0 saturated carbocycles. The van der Waals surface area contributed by atoms with E-state index < -0.39 is 0 Å². The summed E-state index contributed by atoms with van der Waals surface area (Å²) >= 11 is 3.51. The van der Waals surface area contributed by atoms with E-state index in [0.717, 1.165) is 32.5 Å². The summed E-state index contributed by atoms with van der Waals surface area (Å²) in [5, 5.41) is 0. The second kappa shape index (κ2) is 5.72. The smallest absolute Gasteiger partial charge is 0.233 e. The lowest BCUT2D eigenvalue weighted by atomic mass is 10.1. The molecule has 4 heteroatoms. The molecule has 19 heavy (non-hydrogen) atoms. The summed E-state index contributed by atoms with van der Waals surface area (Å²) in [6.07, 6.45) is 1.74. The second-order valence-electron chi connectivity index (χ2n) is 4.61. The Morgan fingerprint density at radius 3 is 2.37 bits per heavy atom. The number of nitrogens with zero attached hydrogens (tertiary/aromatic N) is 1. The normalized spacial score (nSPS) is 10.6. The lowest BCUT2D eigenvalue weighted by Crippen LogP contribution is -2.00. The monoisotopic (exact) mass is 320 g/mol. The van der Waals surface area contributed by atoms with Gasteiger partial charge >= 0.3 is 0 Å². The van der Waals surface area contributed by atoms with E-state index in [1.54, 1.807) is 6.20 Å². The molecule has 2 aromatic rings. The van der Waals surface area contributed by atoms with Crippen LogP contribution in [-0.2, 0) is 6.54 Å². The molecule has 1 heterocycles. The number of ether oxygens (including phenoxy) is 1. The first-order valence-corrected chi connectivity index (χ1v) is 6.91. The highest BCUT2D eigenvalue weighted by Gasteiger charge is 2.11. The predicted molar refractivity (Wildman–Crippen MR) is 80.6 cm³/mol. The van der Waals surface area contributed by atoms with Crippen molar-refractivity contribution in [3.63, 3.8) is 0 Å². The topological polar surface area (TPSA) is 48.1 Å². The van der Waals surface area contributed by atoms with Crippen molar-refractivity contribution in [2.75, 3.05) is 0 Å². The maximum atomic E-state index is 5.95. The quantitative estimate of drug-likeness (QED) is 0.929. The minimum Gasteiger partial charge on any atom is -0.437 e. The zero-order valence-corrected chi connectivity index (χ0v) is 12.9. The van der Waals surface area contributed by atoms with Gasteiger partial charge in [0, 0.05) is 12.7 Å². The van der Waals surface area contributed by atoms with Crippen LogP contribution in [0.25, 0.3) is 0 Å². The van der Waals surface area contributed by atoms with Gasteiger partial charge in [0.2, 0.25) is 5.88 Å². The van der Waals surface area contributed by atoms with Gasteiger partial charge in [0.15, 0.2) is 0 Å². The number of pyridine rings is 1. The van der Waals surface area contributed by atoms with Crippen LogP contribution in [0, 0.1) is 20.8 Å². The van der Waals surface area contributed by atoms with E-state index >= 15 is 0 Å².